The minimum absolute atomic E-state index is 0.166. The van der Waals surface area contributed by atoms with E-state index in [9.17, 15) is 4.79 Å². The molecule has 1 fully saturated rings. The van der Waals surface area contributed by atoms with Gasteiger partial charge in [0.2, 0.25) is 5.91 Å². The number of alkyl halides is 2. The SMILES string of the molecule is CC(C(=O)NC(C)(CBr)CBr)C1CC1. The molecule has 14 heavy (non-hydrogen) atoms. The average molecular weight is 327 g/mol. The molecule has 0 bridgehead atoms. The second-order valence-electron chi connectivity index (χ2n) is 4.44. The van der Waals surface area contributed by atoms with Crippen LogP contribution in [-0.2, 0) is 4.79 Å². The van der Waals surface area contributed by atoms with Crippen LogP contribution in [0.2, 0.25) is 0 Å². The van der Waals surface area contributed by atoms with Crippen LogP contribution in [0.5, 0.6) is 0 Å². The van der Waals surface area contributed by atoms with Gasteiger partial charge in [-0.1, -0.05) is 38.8 Å². The average Bonchev–Trinajstić information content (AvgIpc) is 2.99. The van der Waals surface area contributed by atoms with Gasteiger partial charge in [0.1, 0.15) is 0 Å². The first-order valence-electron chi connectivity index (χ1n) is 4.96. The zero-order valence-corrected chi connectivity index (χ0v) is 11.8. The van der Waals surface area contributed by atoms with Crippen molar-refractivity contribution >= 4 is 37.8 Å². The third-order valence-corrected chi connectivity index (χ3v) is 5.23. The zero-order chi connectivity index (χ0) is 10.8. The van der Waals surface area contributed by atoms with Crippen molar-refractivity contribution in [2.45, 2.75) is 32.2 Å². The molecule has 1 atom stereocenters. The summed E-state index contributed by atoms with van der Waals surface area (Å²) in [7, 11) is 0. The lowest BCUT2D eigenvalue weighted by Crippen LogP contribution is -2.50. The minimum Gasteiger partial charge on any atom is -0.349 e. The van der Waals surface area contributed by atoms with Gasteiger partial charge in [0.15, 0.2) is 0 Å². The smallest absolute Gasteiger partial charge is 0.223 e. The van der Waals surface area contributed by atoms with Crippen LogP contribution < -0.4 is 5.32 Å². The second kappa shape index (κ2) is 4.97. The highest BCUT2D eigenvalue weighted by molar-refractivity contribution is 9.09. The van der Waals surface area contributed by atoms with Crippen molar-refractivity contribution in [2.24, 2.45) is 11.8 Å². The maximum absolute atomic E-state index is 11.8. The molecule has 1 saturated carbocycles. The third-order valence-electron chi connectivity index (χ3n) is 2.76. The van der Waals surface area contributed by atoms with Gasteiger partial charge in [-0.2, -0.15) is 0 Å². The van der Waals surface area contributed by atoms with Crippen molar-refractivity contribution in [3.8, 4) is 0 Å². The molecule has 82 valence electrons. The number of carbonyl (C=O) groups excluding carboxylic acids is 1. The molecule has 0 spiro atoms. The van der Waals surface area contributed by atoms with Crippen molar-refractivity contribution in [2.75, 3.05) is 10.7 Å². The molecule has 0 aliphatic heterocycles. The van der Waals surface area contributed by atoms with Crippen LogP contribution in [0, 0.1) is 11.8 Å². The Morgan fingerprint density at radius 2 is 2.00 bits per heavy atom. The summed E-state index contributed by atoms with van der Waals surface area (Å²) < 4.78 is 0. The van der Waals surface area contributed by atoms with E-state index >= 15 is 0 Å². The quantitative estimate of drug-likeness (QED) is 0.773. The fourth-order valence-electron chi connectivity index (χ4n) is 1.32. The van der Waals surface area contributed by atoms with Gasteiger partial charge in [-0.25, -0.2) is 0 Å². The molecule has 0 aromatic rings. The standard InChI is InChI=1S/C10H17Br2NO/c1-7(8-3-4-8)9(14)13-10(2,5-11)6-12/h7-8H,3-6H2,1-2H3,(H,13,14). The first kappa shape index (κ1) is 12.5. The first-order valence-corrected chi connectivity index (χ1v) is 7.20. The highest BCUT2D eigenvalue weighted by Gasteiger charge is 2.35. The zero-order valence-electron chi connectivity index (χ0n) is 8.65. The Morgan fingerprint density at radius 3 is 2.36 bits per heavy atom. The van der Waals surface area contributed by atoms with Gasteiger partial charge in [0, 0.05) is 16.6 Å². The number of carbonyl (C=O) groups is 1. The molecular formula is C10H17Br2NO. The van der Waals surface area contributed by atoms with Gasteiger partial charge >= 0.3 is 0 Å². The molecule has 1 N–H and O–H groups in total. The molecule has 0 radical (unpaired) electrons. The molecule has 4 heteroatoms. The summed E-state index contributed by atoms with van der Waals surface area (Å²) in [6, 6.07) is 0. The Labute approximate surface area is 102 Å². The third kappa shape index (κ3) is 3.23. The maximum atomic E-state index is 11.8. The fraction of sp³-hybridized carbons (Fsp3) is 0.900. The largest absolute Gasteiger partial charge is 0.349 e. The Balaban J connectivity index is 2.45. The van der Waals surface area contributed by atoms with Gasteiger partial charge in [0.25, 0.3) is 0 Å². The summed E-state index contributed by atoms with van der Waals surface area (Å²) in [5, 5.41) is 4.63. The predicted octanol–water partition coefficient (Wildman–Crippen LogP) is 2.70. The van der Waals surface area contributed by atoms with E-state index in [1.807, 2.05) is 13.8 Å². The Hall–Kier alpha value is 0.430. The topological polar surface area (TPSA) is 29.1 Å². The highest BCUT2D eigenvalue weighted by Crippen LogP contribution is 2.36. The fourth-order valence-corrected chi connectivity index (χ4v) is 2.53. The predicted molar refractivity (Wildman–Crippen MR) is 66.0 cm³/mol. The molecule has 1 unspecified atom stereocenters. The second-order valence-corrected chi connectivity index (χ2v) is 5.56. The van der Waals surface area contributed by atoms with E-state index in [1.54, 1.807) is 0 Å². The van der Waals surface area contributed by atoms with Crippen LogP contribution in [0.15, 0.2) is 0 Å². The van der Waals surface area contributed by atoms with Crippen LogP contribution in [-0.4, -0.2) is 22.1 Å². The molecule has 1 aliphatic carbocycles. The number of nitrogens with one attached hydrogen (secondary N) is 1. The maximum Gasteiger partial charge on any atom is 0.223 e. The van der Waals surface area contributed by atoms with Gasteiger partial charge in [-0.05, 0) is 25.7 Å². The van der Waals surface area contributed by atoms with Crippen molar-refractivity contribution in [3.63, 3.8) is 0 Å². The van der Waals surface area contributed by atoms with Gasteiger partial charge in [0.05, 0.1) is 5.54 Å². The van der Waals surface area contributed by atoms with Crippen LogP contribution in [0.4, 0.5) is 0 Å². The van der Waals surface area contributed by atoms with E-state index in [0.29, 0.717) is 5.92 Å². The van der Waals surface area contributed by atoms with Crippen LogP contribution in [0.25, 0.3) is 0 Å². The lowest BCUT2D eigenvalue weighted by molar-refractivity contribution is -0.126. The lowest BCUT2D eigenvalue weighted by atomic mass is 10.0. The Kier molecular flexibility index (Phi) is 4.44. The lowest BCUT2D eigenvalue weighted by Gasteiger charge is -2.28. The van der Waals surface area contributed by atoms with E-state index in [-0.39, 0.29) is 17.4 Å². The van der Waals surface area contributed by atoms with E-state index in [4.69, 9.17) is 0 Å². The molecule has 1 rings (SSSR count). The summed E-state index contributed by atoms with van der Waals surface area (Å²) >= 11 is 6.84. The van der Waals surface area contributed by atoms with Crippen LogP contribution in [0.1, 0.15) is 26.7 Å². The van der Waals surface area contributed by atoms with E-state index in [0.717, 1.165) is 10.7 Å². The van der Waals surface area contributed by atoms with Crippen LogP contribution >= 0.6 is 31.9 Å². The summed E-state index contributed by atoms with van der Waals surface area (Å²) in [4.78, 5) is 11.8. The normalized spacial score (nSPS) is 19.1. The van der Waals surface area contributed by atoms with E-state index in [2.05, 4.69) is 37.2 Å². The molecule has 0 heterocycles. The molecule has 0 aromatic carbocycles. The number of amides is 1. The van der Waals surface area contributed by atoms with Gasteiger partial charge < -0.3 is 5.32 Å². The highest BCUT2D eigenvalue weighted by atomic mass is 79.9. The summed E-state index contributed by atoms with van der Waals surface area (Å²) in [6.07, 6.45) is 2.43. The van der Waals surface area contributed by atoms with Crippen molar-refractivity contribution in [3.05, 3.63) is 0 Å². The van der Waals surface area contributed by atoms with E-state index < -0.39 is 0 Å². The minimum atomic E-state index is -0.166. The summed E-state index contributed by atoms with van der Waals surface area (Å²) in [6.45, 7) is 4.06. The number of rotatable bonds is 5. The Bertz CT molecular complexity index is 212. The van der Waals surface area contributed by atoms with Crippen molar-refractivity contribution < 1.29 is 4.79 Å². The number of hydrogen-bond acceptors (Lipinski definition) is 1. The monoisotopic (exact) mass is 325 g/mol. The molecule has 0 saturated heterocycles. The molecule has 1 aliphatic rings. The van der Waals surface area contributed by atoms with Crippen molar-refractivity contribution in [1.82, 2.24) is 5.32 Å². The molecule has 0 aromatic heterocycles. The van der Waals surface area contributed by atoms with Crippen LogP contribution in [0.3, 0.4) is 0 Å². The number of halogens is 2. The molecule has 1 amide bonds. The van der Waals surface area contributed by atoms with Crippen molar-refractivity contribution in [1.29, 1.82) is 0 Å². The number of hydrogen-bond donors (Lipinski definition) is 1. The van der Waals surface area contributed by atoms with Gasteiger partial charge in [-0.15, -0.1) is 0 Å². The first-order chi connectivity index (χ1) is 6.52. The van der Waals surface area contributed by atoms with Gasteiger partial charge in [-0.3, -0.25) is 4.79 Å². The van der Waals surface area contributed by atoms with E-state index in [1.165, 1.54) is 12.8 Å². The summed E-state index contributed by atoms with van der Waals surface area (Å²) in [5.74, 6) is 0.992. The Morgan fingerprint density at radius 1 is 1.50 bits per heavy atom. The molecule has 2 nitrogen and oxygen atoms in total. The summed E-state index contributed by atoms with van der Waals surface area (Å²) in [5.41, 5.74) is -0.166. The molecular weight excluding hydrogens is 310 g/mol.